The third-order valence-corrected chi connectivity index (χ3v) is 2.70. The van der Waals surface area contributed by atoms with Gasteiger partial charge in [-0.1, -0.05) is 32.9 Å². The van der Waals surface area contributed by atoms with E-state index in [1.54, 1.807) is 0 Å². The lowest BCUT2D eigenvalue weighted by Gasteiger charge is -2.27. The van der Waals surface area contributed by atoms with Gasteiger partial charge in [0, 0.05) is 25.8 Å². The van der Waals surface area contributed by atoms with Gasteiger partial charge in [-0.2, -0.15) is 0 Å². The first-order valence-corrected chi connectivity index (χ1v) is 5.35. The maximum absolute atomic E-state index is 6.18. The first kappa shape index (κ1) is 12.1. The molecule has 0 aliphatic rings. The highest BCUT2D eigenvalue weighted by Crippen LogP contribution is 2.30. The van der Waals surface area contributed by atoms with Gasteiger partial charge in [-0.25, -0.2) is 0 Å². The second-order valence-corrected chi connectivity index (χ2v) is 5.33. The normalized spacial score (nSPS) is 13.7. The zero-order valence-electron chi connectivity index (χ0n) is 10.4. The van der Waals surface area contributed by atoms with Gasteiger partial charge in [-0.15, -0.1) is 0 Å². The third-order valence-electron chi connectivity index (χ3n) is 2.70. The number of hydrogen-bond donors (Lipinski definition) is 1. The van der Waals surface area contributed by atoms with Gasteiger partial charge in [0.05, 0.1) is 0 Å². The van der Waals surface area contributed by atoms with Crippen LogP contribution in [0, 0.1) is 5.41 Å². The fraction of sp³-hybridized carbons (Fsp3) is 0.538. The van der Waals surface area contributed by atoms with E-state index < -0.39 is 0 Å². The Kier molecular flexibility index (Phi) is 3.40. The van der Waals surface area contributed by atoms with Crippen molar-refractivity contribution in [1.82, 2.24) is 0 Å². The first-order chi connectivity index (χ1) is 6.82. The summed E-state index contributed by atoms with van der Waals surface area (Å²) in [5.74, 6) is 0. The van der Waals surface area contributed by atoms with Gasteiger partial charge >= 0.3 is 0 Å². The van der Waals surface area contributed by atoms with E-state index >= 15 is 0 Å². The molecule has 0 amide bonds. The second-order valence-electron chi connectivity index (χ2n) is 5.33. The average molecular weight is 206 g/mol. The summed E-state index contributed by atoms with van der Waals surface area (Å²) in [7, 11) is 4.08. The van der Waals surface area contributed by atoms with Crippen LogP contribution in [0.5, 0.6) is 0 Å². The molecular weight excluding hydrogens is 184 g/mol. The summed E-state index contributed by atoms with van der Waals surface area (Å²) >= 11 is 0. The van der Waals surface area contributed by atoms with Crippen LogP contribution in [0.15, 0.2) is 24.3 Å². The second kappa shape index (κ2) is 4.23. The predicted molar refractivity (Wildman–Crippen MR) is 67.2 cm³/mol. The van der Waals surface area contributed by atoms with Crippen LogP contribution in [-0.2, 0) is 0 Å². The van der Waals surface area contributed by atoms with Gasteiger partial charge < -0.3 is 10.6 Å². The number of benzene rings is 1. The van der Waals surface area contributed by atoms with Crippen LogP contribution in [0.2, 0.25) is 0 Å². The van der Waals surface area contributed by atoms with E-state index in [2.05, 4.69) is 49.9 Å². The SMILES string of the molecule is CN(C)c1ccc(C(N)C(C)(C)C)cc1. The molecule has 0 aromatic heterocycles. The Morgan fingerprint density at radius 2 is 1.53 bits per heavy atom. The van der Waals surface area contributed by atoms with Crippen molar-refractivity contribution in [3.05, 3.63) is 29.8 Å². The van der Waals surface area contributed by atoms with E-state index in [1.807, 2.05) is 14.1 Å². The zero-order chi connectivity index (χ0) is 11.6. The molecule has 0 bridgehead atoms. The van der Waals surface area contributed by atoms with Gasteiger partial charge in [0.15, 0.2) is 0 Å². The fourth-order valence-corrected chi connectivity index (χ4v) is 1.48. The Bertz CT molecular complexity index is 306. The molecule has 2 N–H and O–H groups in total. The summed E-state index contributed by atoms with van der Waals surface area (Å²) in [6, 6.07) is 8.55. The molecular formula is C13H22N2. The molecule has 1 rings (SSSR count). The van der Waals surface area contributed by atoms with Gasteiger partial charge in [0.2, 0.25) is 0 Å². The lowest BCUT2D eigenvalue weighted by molar-refractivity contribution is 0.327. The molecule has 15 heavy (non-hydrogen) atoms. The quantitative estimate of drug-likeness (QED) is 0.806. The highest BCUT2D eigenvalue weighted by Gasteiger charge is 2.21. The van der Waals surface area contributed by atoms with Crippen LogP contribution in [-0.4, -0.2) is 14.1 Å². The molecule has 0 saturated heterocycles. The van der Waals surface area contributed by atoms with Crippen molar-refractivity contribution in [3.8, 4) is 0 Å². The van der Waals surface area contributed by atoms with Crippen LogP contribution in [0.4, 0.5) is 5.69 Å². The molecule has 1 unspecified atom stereocenters. The molecule has 2 heteroatoms. The molecule has 1 atom stereocenters. The topological polar surface area (TPSA) is 29.3 Å². The number of nitrogens with zero attached hydrogens (tertiary/aromatic N) is 1. The van der Waals surface area contributed by atoms with E-state index in [9.17, 15) is 0 Å². The van der Waals surface area contributed by atoms with Crippen LogP contribution < -0.4 is 10.6 Å². The number of rotatable bonds is 2. The lowest BCUT2D eigenvalue weighted by Crippen LogP contribution is -2.26. The van der Waals surface area contributed by atoms with Crippen LogP contribution in [0.25, 0.3) is 0 Å². The first-order valence-electron chi connectivity index (χ1n) is 5.35. The van der Waals surface area contributed by atoms with Crippen molar-refractivity contribution in [2.45, 2.75) is 26.8 Å². The van der Waals surface area contributed by atoms with Crippen molar-refractivity contribution in [2.24, 2.45) is 11.1 Å². The van der Waals surface area contributed by atoms with Gasteiger partial charge in [-0.05, 0) is 23.1 Å². The van der Waals surface area contributed by atoms with Crippen molar-refractivity contribution >= 4 is 5.69 Å². The minimum atomic E-state index is 0.0914. The van der Waals surface area contributed by atoms with E-state index in [0.29, 0.717) is 0 Å². The molecule has 0 radical (unpaired) electrons. The number of hydrogen-bond acceptors (Lipinski definition) is 2. The van der Waals surface area contributed by atoms with Crippen molar-refractivity contribution in [3.63, 3.8) is 0 Å². The van der Waals surface area contributed by atoms with Gasteiger partial charge in [0.25, 0.3) is 0 Å². The van der Waals surface area contributed by atoms with E-state index in [0.717, 1.165) is 0 Å². The molecule has 0 fully saturated rings. The average Bonchev–Trinajstić information content (AvgIpc) is 2.15. The molecule has 84 valence electrons. The summed E-state index contributed by atoms with van der Waals surface area (Å²) in [6.07, 6.45) is 0. The molecule has 1 aromatic carbocycles. The molecule has 0 spiro atoms. The predicted octanol–water partition coefficient (Wildman–Crippen LogP) is 2.80. The zero-order valence-corrected chi connectivity index (χ0v) is 10.4. The number of nitrogens with two attached hydrogens (primary N) is 1. The Balaban J connectivity index is 2.89. The summed E-state index contributed by atoms with van der Waals surface area (Å²) in [5, 5.41) is 0. The standard InChI is InChI=1S/C13H22N2/c1-13(2,3)12(14)10-6-8-11(9-7-10)15(4)5/h6-9,12H,14H2,1-5H3. The van der Waals surface area contributed by atoms with E-state index in [4.69, 9.17) is 5.73 Å². The maximum Gasteiger partial charge on any atom is 0.0361 e. The van der Waals surface area contributed by atoms with Crippen molar-refractivity contribution < 1.29 is 0 Å². The monoisotopic (exact) mass is 206 g/mol. The minimum absolute atomic E-state index is 0.0914. The highest BCUT2D eigenvalue weighted by atomic mass is 15.1. The van der Waals surface area contributed by atoms with Crippen molar-refractivity contribution in [1.29, 1.82) is 0 Å². The molecule has 0 aliphatic carbocycles. The van der Waals surface area contributed by atoms with Crippen molar-refractivity contribution in [2.75, 3.05) is 19.0 Å². The van der Waals surface area contributed by atoms with Gasteiger partial charge in [-0.3, -0.25) is 0 Å². The summed E-state index contributed by atoms with van der Waals surface area (Å²) in [5.41, 5.74) is 8.71. The van der Waals surface area contributed by atoms with Crippen LogP contribution in [0.3, 0.4) is 0 Å². The molecule has 0 heterocycles. The maximum atomic E-state index is 6.18. The minimum Gasteiger partial charge on any atom is -0.378 e. The molecule has 0 saturated carbocycles. The van der Waals surface area contributed by atoms with Gasteiger partial charge in [0.1, 0.15) is 0 Å². The Morgan fingerprint density at radius 3 is 1.87 bits per heavy atom. The molecule has 0 aliphatic heterocycles. The van der Waals surface area contributed by atoms with E-state index in [-0.39, 0.29) is 11.5 Å². The fourth-order valence-electron chi connectivity index (χ4n) is 1.48. The van der Waals surface area contributed by atoms with Crippen LogP contribution in [0.1, 0.15) is 32.4 Å². The number of anilines is 1. The lowest BCUT2D eigenvalue weighted by atomic mass is 9.83. The smallest absolute Gasteiger partial charge is 0.0361 e. The summed E-state index contributed by atoms with van der Waals surface area (Å²) in [4.78, 5) is 2.09. The summed E-state index contributed by atoms with van der Waals surface area (Å²) in [6.45, 7) is 6.49. The molecule has 2 nitrogen and oxygen atoms in total. The Hall–Kier alpha value is -1.02. The van der Waals surface area contributed by atoms with Crippen LogP contribution >= 0.6 is 0 Å². The summed E-state index contributed by atoms with van der Waals surface area (Å²) < 4.78 is 0. The Labute approximate surface area is 93.1 Å². The third kappa shape index (κ3) is 2.96. The largest absolute Gasteiger partial charge is 0.378 e. The Morgan fingerprint density at radius 1 is 1.07 bits per heavy atom. The van der Waals surface area contributed by atoms with E-state index in [1.165, 1.54) is 11.3 Å². The molecule has 1 aromatic rings. The highest BCUT2D eigenvalue weighted by molar-refractivity contribution is 5.46.